The lowest BCUT2D eigenvalue weighted by Gasteiger charge is -2.37. The Labute approximate surface area is 232 Å². The van der Waals surface area contributed by atoms with E-state index in [-0.39, 0.29) is 23.8 Å². The maximum absolute atomic E-state index is 14.4. The van der Waals surface area contributed by atoms with Crippen molar-refractivity contribution in [3.63, 3.8) is 0 Å². The fourth-order valence-corrected chi connectivity index (χ4v) is 4.69. The molecule has 8 nitrogen and oxygen atoms in total. The quantitative estimate of drug-likeness (QED) is 0.392. The highest BCUT2D eigenvalue weighted by atomic mass is 16.6. The fourth-order valence-electron chi connectivity index (χ4n) is 4.69. The number of methoxy groups -OCH3 is 1. The van der Waals surface area contributed by atoms with Crippen molar-refractivity contribution in [3.05, 3.63) is 59.2 Å². The third-order valence-electron chi connectivity index (χ3n) is 7.05. The molecule has 0 heterocycles. The van der Waals surface area contributed by atoms with Crippen molar-refractivity contribution in [2.75, 3.05) is 12.4 Å². The van der Waals surface area contributed by atoms with E-state index in [1.54, 1.807) is 57.0 Å². The number of hydrogen-bond acceptors (Lipinski definition) is 5. The van der Waals surface area contributed by atoms with Gasteiger partial charge in [0.05, 0.1) is 7.11 Å². The first kappa shape index (κ1) is 30.0. The van der Waals surface area contributed by atoms with E-state index in [1.165, 1.54) is 0 Å². The van der Waals surface area contributed by atoms with Crippen molar-refractivity contribution < 1.29 is 23.9 Å². The molecule has 39 heavy (non-hydrogen) atoms. The van der Waals surface area contributed by atoms with E-state index in [2.05, 4.69) is 10.6 Å². The second-order valence-electron chi connectivity index (χ2n) is 11.4. The second kappa shape index (κ2) is 12.5. The summed E-state index contributed by atoms with van der Waals surface area (Å²) in [5, 5.41) is 5.84. The highest BCUT2D eigenvalue weighted by molar-refractivity contribution is 5.99. The summed E-state index contributed by atoms with van der Waals surface area (Å²) >= 11 is 0. The standard InChI is InChI=1S/C31H43N3O5/c1-9-19(2)26(33-30(37)39-31(5,6)7)29(36)34(23-15-16-23)27(25-20(3)11-10-12-21(25)4)28(35)32-22-13-17-24(38-8)18-14-22/h10-14,17-19,23,26-27H,9,15-16H2,1-8H3,(H,32,35)(H,33,37). The molecule has 0 radical (unpaired) electrons. The van der Waals surface area contributed by atoms with Crippen LogP contribution in [0.2, 0.25) is 0 Å². The van der Waals surface area contributed by atoms with E-state index in [0.29, 0.717) is 17.9 Å². The van der Waals surface area contributed by atoms with E-state index in [4.69, 9.17) is 9.47 Å². The molecule has 3 amide bonds. The topological polar surface area (TPSA) is 97.0 Å². The number of amides is 3. The predicted molar refractivity (Wildman–Crippen MR) is 153 cm³/mol. The Morgan fingerprint density at radius 2 is 1.62 bits per heavy atom. The van der Waals surface area contributed by atoms with Crippen LogP contribution in [0.4, 0.5) is 10.5 Å². The van der Waals surface area contributed by atoms with Gasteiger partial charge in [-0.3, -0.25) is 9.59 Å². The van der Waals surface area contributed by atoms with Gasteiger partial charge in [-0.1, -0.05) is 38.5 Å². The van der Waals surface area contributed by atoms with Crippen LogP contribution in [0.25, 0.3) is 0 Å². The highest BCUT2D eigenvalue weighted by Gasteiger charge is 2.45. The molecular weight excluding hydrogens is 494 g/mol. The monoisotopic (exact) mass is 537 g/mol. The zero-order valence-corrected chi connectivity index (χ0v) is 24.5. The normalized spacial score (nSPS) is 15.5. The summed E-state index contributed by atoms with van der Waals surface area (Å²) in [5.41, 5.74) is 2.53. The Balaban J connectivity index is 2.04. The third kappa shape index (κ3) is 7.74. The Kier molecular flexibility index (Phi) is 9.64. The first-order chi connectivity index (χ1) is 18.4. The lowest BCUT2D eigenvalue weighted by Crippen LogP contribution is -2.55. The highest BCUT2D eigenvalue weighted by Crippen LogP contribution is 2.39. The molecule has 1 aliphatic carbocycles. The number of nitrogens with one attached hydrogen (secondary N) is 2. The Hall–Kier alpha value is -3.55. The van der Waals surface area contributed by atoms with Crippen LogP contribution in [0.3, 0.4) is 0 Å². The molecule has 2 N–H and O–H groups in total. The molecular formula is C31H43N3O5. The fraction of sp³-hybridized carbons (Fsp3) is 0.516. The molecule has 0 aliphatic heterocycles. The summed E-state index contributed by atoms with van der Waals surface area (Å²) in [6.45, 7) is 13.2. The molecule has 2 aromatic carbocycles. The van der Waals surface area contributed by atoms with E-state index in [1.807, 2.05) is 45.9 Å². The molecule has 1 aliphatic rings. The van der Waals surface area contributed by atoms with Crippen molar-refractivity contribution in [3.8, 4) is 5.75 Å². The summed E-state index contributed by atoms with van der Waals surface area (Å²) in [6.07, 6.45) is 1.60. The first-order valence-electron chi connectivity index (χ1n) is 13.7. The molecule has 0 aromatic heterocycles. The minimum Gasteiger partial charge on any atom is -0.497 e. The lowest BCUT2D eigenvalue weighted by molar-refractivity contribution is -0.142. The van der Waals surface area contributed by atoms with E-state index in [9.17, 15) is 14.4 Å². The Morgan fingerprint density at radius 1 is 1.03 bits per heavy atom. The maximum atomic E-state index is 14.4. The number of rotatable bonds is 10. The first-order valence-corrected chi connectivity index (χ1v) is 13.7. The Morgan fingerprint density at radius 3 is 2.10 bits per heavy atom. The smallest absolute Gasteiger partial charge is 0.408 e. The van der Waals surface area contributed by atoms with Crippen molar-refractivity contribution in [2.45, 2.75) is 91.5 Å². The van der Waals surface area contributed by atoms with E-state index in [0.717, 1.165) is 29.5 Å². The zero-order valence-electron chi connectivity index (χ0n) is 24.5. The van der Waals surface area contributed by atoms with Crippen LogP contribution < -0.4 is 15.4 Å². The van der Waals surface area contributed by atoms with Crippen LogP contribution in [0.15, 0.2) is 42.5 Å². The van der Waals surface area contributed by atoms with Crippen LogP contribution in [-0.2, 0) is 14.3 Å². The minimum absolute atomic E-state index is 0.102. The number of anilines is 1. The predicted octanol–water partition coefficient (Wildman–Crippen LogP) is 5.92. The average Bonchev–Trinajstić information content (AvgIpc) is 3.70. The van der Waals surface area contributed by atoms with Crippen LogP contribution in [0.1, 0.15) is 76.6 Å². The number of aryl methyl sites for hydroxylation is 2. The van der Waals surface area contributed by atoms with Crippen LogP contribution in [0.5, 0.6) is 5.75 Å². The maximum Gasteiger partial charge on any atom is 0.408 e. The molecule has 8 heteroatoms. The number of carbonyl (C=O) groups is 3. The minimum atomic E-state index is -0.875. The number of nitrogens with zero attached hydrogens (tertiary/aromatic N) is 1. The number of hydrogen-bond donors (Lipinski definition) is 2. The van der Waals surface area contributed by atoms with Crippen molar-refractivity contribution in [2.24, 2.45) is 5.92 Å². The molecule has 2 aromatic rings. The third-order valence-corrected chi connectivity index (χ3v) is 7.05. The van der Waals surface area contributed by atoms with Crippen molar-refractivity contribution >= 4 is 23.6 Å². The van der Waals surface area contributed by atoms with Crippen molar-refractivity contribution in [1.82, 2.24) is 10.2 Å². The van der Waals surface area contributed by atoms with Gasteiger partial charge in [-0.2, -0.15) is 0 Å². The summed E-state index contributed by atoms with van der Waals surface area (Å²) in [6, 6.07) is 11.1. The van der Waals surface area contributed by atoms with Gasteiger partial charge in [0.2, 0.25) is 5.91 Å². The molecule has 1 saturated carbocycles. The van der Waals surface area contributed by atoms with Crippen LogP contribution in [0, 0.1) is 19.8 Å². The van der Waals surface area contributed by atoms with Gasteiger partial charge >= 0.3 is 6.09 Å². The van der Waals surface area contributed by atoms with E-state index < -0.39 is 23.8 Å². The molecule has 212 valence electrons. The van der Waals surface area contributed by atoms with Gasteiger partial charge in [-0.15, -0.1) is 0 Å². The Bertz CT molecular complexity index is 1150. The largest absolute Gasteiger partial charge is 0.497 e. The SMILES string of the molecule is CCC(C)C(NC(=O)OC(C)(C)C)C(=O)N(C1CC1)C(C(=O)Nc1ccc(OC)cc1)c1c(C)cccc1C. The molecule has 0 saturated heterocycles. The molecule has 0 spiro atoms. The average molecular weight is 538 g/mol. The summed E-state index contributed by atoms with van der Waals surface area (Å²) in [4.78, 5) is 42.9. The number of carbonyl (C=O) groups excluding carboxylic acids is 3. The number of ether oxygens (including phenoxy) is 2. The van der Waals surface area contributed by atoms with Gasteiger partial charge < -0.3 is 25.0 Å². The second-order valence-corrected chi connectivity index (χ2v) is 11.4. The molecule has 3 unspecified atom stereocenters. The number of alkyl carbamates (subject to hydrolysis) is 1. The van der Waals surface area contributed by atoms with Crippen LogP contribution >= 0.6 is 0 Å². The van der Waals surface area contributed by atoms with Crippen molar-refractivity contribution in [1.29, 1.82) is 0 Å². The van der Waals surface area contributed by atoms with Gasteiger partial charge in [0.25, 0.3) is 5.91 Å². The van der Waals surface area contributed by atoms with Gasteiger partial charge in [0.1, 0.15) is 23.4 Å². The summed E-state index contributed by atoms with van der Waals surface area (Å²) in [7, 11) is 1.59. The molecule has 1 fully saturated rings. The molecule has 3 rings (SSSR count). The van der Waals surface area contributed by atoms with Gasteiger partial charge in [0.15, 0.2) is 0 Å². The summed E-state index contributed by atoms with van der Waals surface area (Å²) < 4.78 is 10.7. The molecule has 0 bridgehead atoms. The van der Waals surface area contributed by atoms with Crippen LogP contribution in [-0.4, -0.2) is 47.6 Å². The van der Waals surface area contributed by atoms with Gasteiger partial charge in [-0.05, 0) is 94.3 Å². The summed E-state index contributed by atoms with van der Waals surface area (Å²) in [5.74, 6) is -0.0820. The zero-order chi connectivity index (χ0) is 28.9. The van der Waals surface area contributed by atoms with Gasteiger partial charge in [-0.25, -0.2) is 4.79 Å². The van der Waals surface area contributed by atoms with Gasteiger partial charge in [0, 0.05) is 11.7 Å². The molecule has 3 atom stereocenters. The lowest BCUT2D eigenvalue weighted by atomic mass is 9.91. The number of benzene rings is 2. The van der Waals surface area contributed by atoms with E-state index >= 15 is 0 Å².